The third kappa shape index (κ3) is 8.21. The van der Waals surface area contributed by atoms with Gasteiger partial charge >= 0.3 is 0 Å². The van der Waals surface area contributed by atoms with Gasteiger partial charge in [-0.25, -0.2) is 12.8 Å². The molecule has 224 valence electrons. The number of benzene rings is 4. The molecule has 0 aliphatic heterocycles. The Morgan fingerprint density at radius 3 is 2.09 bits per heavy atom. The van der Waals surface area contributed by atoms with Gasteiger partial charge < -0.3 is 10.2 Å². The summed E-state index contributed by atoms with van der Waals surface area (Å²) in [6, 6.07) is 26.3. The van der Waals surface area contributed by atoms with Gasteiger partial charge in [-0.3, -0.25) is 13.9 Å². The molecule has 4 aromatic rings. The summed E-state index contributed by atoms with van der Waals surface area (Å²) in [4.78, 5) is 29.1. The zero-order chi connectivity index (χ0) is 31.0. The monoisotopic (exact) mass is 621 g/mol. The lowest BCUT2D eigenvalue weighted by atomic mass is 10.0. The number of carbonyl (C=O) groups is 2. The number of anilines is 1. The predicted octanol–water partition coefficient (Wildman–Crippen LogP) is 5.76. The molecule has 4 rings (SSSR count). The molecule has 2 amide bonds. The standard InChI is InChI=1S/C33H33ClFN3O4S/c1-3-36-33(40)31(21-25-7-5-4-6-8-25)37(22-26-11-13-27(34)14-12-26)32(39)23-38(29-17-15-28(35)16-18-29)43(41,42)30-19-9-24(2)10-20-30/h4-20,31H,3,21-23H2,1-2H3,(H,36,40)/t31-/m0/s1. The van der Waals surface area contributed by atoms with Crippen molar-refractivity contribution >= 4 is 39.1 Å². The van der Waals surface area contributed by atoms with Crippen LogP contribution in [0.5, 0.6) is 0 Å². The first-order valence-electron chi connectivity index (χ1n) is 13.8. The van der Waals surface area contributed by atoms with Gasteiger partial charge in [-0.15, -0.1) is 0 Å². The Hall–Kier alpha value is -4.21. The molecule has 1 N–H and O–H groups in total. The Bertz CT molecular complexity index is 1630. The zero-order valence-corrected chi connectivity index (χ0v) is 25.5. The average molecular weight is 622 g/mol. The van der Waals surface area contributed by atoms with Crippen LogP contribution in [0, 0.1) is 12.7 Å². The lowest BCUT2D eigenvalue weighted by Gasteiger charge is -2.33. The maximum Gasteiger partial charge on any atom is 0.264 e. The molecule has 10 heteroatoms. The molecule has 4 aromatic carbocycles. The second kappa shape index (κ2) is 14.3. The smallest absolute Gasteiger partial charge is 0.264 e. The molecule has 0 aliphatic carbocycles. The van der Waals surface area contributed by atoms with Crippen LogP contribution in [-0.4, -0.2) is 44.3 Å². The minimum absolute atomic E-state index is 0.0203. The van der Waals surface area contributed by atoms with E-state index in [4.69, 9.17) is 11.6 Å². The van der Waals surface area contributed by atoms with Crippen molar-refractivity contribution in [3.8, 4) is 0 Å². The Balaban J connectivity index is 1.78. The number of carbonyl (C=O) groups excluding carboxylic acids is 2. The Morgan fingerprint density at radius 1 is 0.860 bits per heavy atom. The van der Waals surface area contributed by atoms with Crippen LogP contribution in [0.2, 0.25) is 5.02 Å². The van der Waals surface area contributed by atoms with E-state index in [0.29, 0.717) is 17.1 Å². The maximum absolute atomic E-state index is 14.3. The van der Waals surface area contributed by atoms with Gasteiger partial charge in [0.05, 0.1) is 10.6 Å². The van der Waals surface area contributed by atoms with E-state index in [1.54, 1.807) is 43.3 Å². The van der Waals surface area contributed by atoms with Gasteiger partial charge in [-0.1, -0.05) is 71.8 Å². The van der Waals surface area contributed by atoms with E-state index >= 15 is 0 Å². The molecule has 7 nitrogen and oxygen atoms in total. The predicted molar refractivity (Wildman–Crippen MR) is 167 cm³/mol. The van der Waals surface area contributed by atoms with E-state index in [1.807, 2.05) is 37.3 Å². The number of hydrogen-bond donors (Lipinski definition) is 1. The molecule has 0 radical (unpaired) electrons. The second-order valence-corrected chi connectivity index (χ2v) is 12.3. The minimum atomic E-state index is -4.26. The van der Waals surface area contributed by atoms with Gasteiger partial charge in [0.2, 0.25) is 11.8 Å². The largest absolute Gasteiger partial charge is 0.355 e. The fourth-order valence-electron chi connectivity index (χ4n) is 4.61. The number of nitrogens with one attached hydrogen (secondary N) is 1. The van der Waals surface area contributed by atoms with Crippen molar-refractivity contribution in [2.24, 2.45) is 0 Å². The number of rotatable bonds is 12. The van der Waals surface area contributed by atoms with Gasteiger partial charge in [0.1, 0.15) is 18.4 Å². The SMILES string of the molecule is CCNC(=O)[C@H](Cc1ccccc1)N(Cc1ccc(Cl)cc1)C(=O)CN(c1ccc(F)cc1)S(=O)(=O)c1ccc(C)cc1. The summed E-state index contributed by atoms with van der Waals surface area (Å²) in [6.07, 6.45) is 0.202. The first-order chi connectivity index (χ1) is 20.6. The molecule has 43 heavy (non-hydrogen) atoms. The number of amides is 2. The Morgan fingerprint density at radius 2 is 1.49 bits per heavy atom. The van der Waals surface area contributed by atoms with Crippen LogP contribution in [0.1, 0.15) is 23.6 Å². The van der Waals surface area contributed by atoms with Gasteiger partial charge in [0.15, 0.2) is 0 Å². The van der Waals surface area contributed by atoms with Crippen LogP contribution in [0.25, 0.3) is 0 Å². The number of halogens is 2. The number of hydrogen-bond acceptors (Lipinski definition) is 4. The van der Waals surface area contributed by atoms with Gasteiger partial charge in [0, 0.05) is 24.5 Å². The Labute approximate surface area is 257 Å². The van der Waals surface area contributed by atoms with Crippen LogP contribution in [-0.2, 0) is 32.6 Å². The van der Waals surface area contributed by atoms with Crippen molar-refractivity contribution in [3.05, 3.63) is 131 Å². The number of likely N-dealkylation sites (N-methyl/N-ethyl adjacent to an activating group) is 1. The molecular weight excluding hydrogens is 589 g/mol. The molecular formula is C33H33ClFN3O4S. The molecule has 0 saturated carbocycles. The molecule has 0 saturated heterocycles. The highest BCUT2D eigenvalue weighted by Crippen LogP contribution is 2.26. The molecule has 0 spiro atoms. The molecule has 0 unspecified atom stereocenters. The van der Waals surface area contributed by atoms with Crippen molar-refractivity contribution in [1.29, 1.82) is 0 Å². The first kappa shape index (κ1) is 31.7. The van der Waals surface area contributed by atoms with Crippen LogP contribution in [0.4, 0.5) is 10.1 Å². The summed E-state index contributed by atoms with van der Waals surface area (Å²) in [5.74, 6) is -1.53. The highest BCUT2D eigenvalue weighted by Gasteiger charge is 2.34. The highest BCUT2D eigenvalue weighted by molar-refractivity contribution is 7.92. The van der Waals surface area contributed by atoms with Crippen molar-refractivity contribution in [3.63, 3.8) is 0 Å². The van der Waals surface area contributed by atoms with Crippen molar-refractivity contribution < 1.29 is 22.4 Å². The van der Waals surface area contributed by atoms with E-state index in [-0.39, 0.29) is 29.5 Å². The van der Waals surface area contributed by atoms with Crippen LogP contribution >= 0.6 is 11.6 Å². The van der Waals surface area contributed by atoms with E-state index < -0.39 is 34.3 Å². The quantitative estimate of drug-likeness (QED) is 0.218. The third-order valence-electron chi connectivity index (χ3n) is 6.89. The van der Waals surface area contributed by atoms with E-state index in [9.17, 15) is 22.4 Å². The first-order valence-corrected chi connectivity index (χ1v) is 15.6. The number of sulfonamides is 1. The van der Waals surface area contributed by atoms with Crippen LogP contribution < -0.4 is 9.62 Å². The fraction of sp³-hybridized carbons (Fsp3) is 0.212. The summed E-state index contributed by atoms with van der Waals surface area (Å²) in [6.45, 7) is 3.36. The topological polar surface area (TPSA) is 86.8 Å². The van der Waals surface area contributed by atoms with E-state index in [1.165, 1.54) is 29.2 Å². The molecule has 0 heterocycles. The van der Waals surface area contributed by atoms with Crippen LogP contribution in [0.15, 0.2) is 108 Å². The molecule has 0 bridgehead atoms. The number of aryl methyl sites for hydroxylation is 1. The zero-order valence-electron chi connectivity index (χ0n) is 23.9. The fourth-order valence-corrected chi connectivity index (χ4v) is 6.15. The Kier molecular flexibility index (Phi) is 10.6. The van der Waals surface area contributed by atoms with Crippen molar-refractivity contribution in [1.82, 2.24) is 10.2 Å². The normalized spacial score (nSPS) is 11.9. The van der Waals surface area contributed by atoms with Gasteiger partial charge in [-0.05, 0) is 73.5 Å². The van der Waals surface area contributed by atoms with Gasteiger partial charge in [0.25, 0.3) is 10.0 Å². The summed E-state index contributed by atoms with van der Waals surface area (Å²) >= 11 is 6.09. The number of nitrogens with zero attached hydrogens (tertiary/aromatic N) is 2. The molecule has 1 atom stereocenters. The second-order valence-electron chi connectivity index (χ2n) is 10.0. The summed E-state index contributed by atoms with van der Waals surface area (Å²) in [5.41, 5.74) is 2.51. The summed E-state index contributed by atoms with van der Waals surface area (Å²) in [7, 11) is -4.26. The molecule has 0 aromatic heterocycles. The third-order valence-corrected chi connectivity index (χ3v) is 8.93. The van der Waals surface area contributed by atoms with Crippen molar-refractivity contribution in [2.75, 3.05) is 17.4 Å². The lowest BCUT2D eigenvalue weighted by molar-refractivity contribution is -0.140. The van der Waals surface area contributed by atoms with E-state index in [2.05, 4.69) is 5.32 Å². The average Bonchev–Trinajstić information content (AvgIpc) is 3.00. The maximum atomic E-state index is 14.3. The summed E-state index contributed by atoms with van der Waals surface area (Å²) in [5, 5.41) is 3.33. The highest BCUT2D eigenvalue weighted by atomic mass is 35.5. The summed E-state index contributed by atoms with van der Waals surface area (Å²) < 4.78 is 42.7. The van der Waals surface area contributed by atoms with Crippen molar-refractivity contribution in [2.45, 2.75) is 37.8 Å². The minimum Gasteiger partial charge on any atom is -0.355 e. The van der Waals surface area contributed by atoms with Crippen LogP contribution in [0.3, 0.4) is 0 Å². The van der Waals surface area contributed by atoms with Gasteiger partial charge in [-0.2, -0.15) is 0 Å². The molecule has 0 aliphatic rings. The van der Waals surface area contributed by atoms with E-state index in [0.717, 1.165) is 27.6 Å². The lowest BCUT2D eigenvalue weighted by Crippen LogP contribution is -2.53. The molecule has 0 fully saturated rings.